The molecule has 0 saturated heterocycles. The normalized spacial score (nSPS) is 17.7. The number of aliphatic hydroxyl groups excluding tert-OH is 5. The molecule has 0 aliphatic carbocycles. The van der Waals surface area contributed by atoms with Crippen molar-refractivity contribution in [1.29, 1.82) is 0 Å². The second-order valence-corrected chi connectivity index (χ2v) is 4.46. The molecule has 7 nitrogen and oxygen atoms in total. The number of anilines is 2. The van der Waals surface area contributed by atoms with Crippen LogP contribution in [0.25, 0.3) is 0 Å². The van der Waals surface area contributed by atoms with E-state index in [-0.39, 0.29) is 6.42 Å². The molecule has 1 aromatic carbocycles. The van der Waals surface area contributed by atoms with Gasteiger partial charge in [-0.05, 0) is 23.8 Å². The summed E-state index contributed by atoms with van der Waals surface area (Å²) in [5.74, 6) is 0. The molecule has 9 N–H and O–H groups in total. The number of benzene rings is 1. The Morgan fingerprint density at radius 2 is 1.53 bits per heavy atom. The predicted octanol–water partition coefficient (Wildman–Crippen LogP) is -2.17. The Morgan fingerprint density at radius 1 is 0.947 bits per heavy atom. The average Bonchev–Trinajstić information content (AvgIpc) is 2.40. The molecule has 19 heavy (non-hydrogen) atoms. The topological polar surface area (TPSA) is 153 Å². The van der Waals surface area contributed by atoms with Gasteiger partial charge in [0.15, 0.2) is 0 Å². The lowest BCUT2D eigenvalue weighted by Gasteiger charge is -2.26. The fraction of sp³-hybridized carbons (Fsp3) is 0.500. The van der Waals surface area contributed by atoms with E-state index in [0.29, 0.717) is 16.9 Å². The van der Waals surface area contributed by atoms with Gasteiger partial charge in [0.1, 0.15) is 18.3 Å². The molecular formula is C12H20N2O5. The zero-order chi connectivity index (χ0) is 14.6. The lowest BCUT2D eigenvalue weighted by Crippen LogP contribution is -2.46. The number of nitrogen functional groups attached to an aromatic ring is 2. The molecule has 0 heterocycles. The molecule has 0 saturated carbocycles. The molecule has 0 radical (unpaired) electrons. The number of rotatable bonds is 6. The van der Waals surface area contributed by atoms with E-state index < -0.39 is 31.0 Å². The van der Waals surface area contributed by atoms with Gasteiger partial charge in [0.25, 0.3) is 0 Å². The molecule has 4 atom stereocenters. The summed E-state index contributed by atoms with van der Waals surface area (Å²) in [7, 11) is 0. The van der Waals surface area contributed by atoms with Gasteiger partial charge in [-0.3, -0.25) is 0 Å². The van der Waals surface area contributed by atoms with Crippen molar-refractivity contribution in [3.8, 4) is 0 Å². The van der Waals surface area contributed by atoms with Gasteiger partial charge >= 0.3 is 0 Å². The molecule has 0 fully saturated rings. The summed E-state index contributed by atoms with van der Waals surface area (Å²) in [5.41, 5.74) is 12.7. The van der Waals surface area contributed by atoms with Crippen LogP contribution in [0.5, 0.6) is 0 Å². The summed E-state index contributed by atoms with van der Waals surface area (Å²) in [5, 5.41) is 46.8. The van der Waals surface area contributed by atoms with E-state index >= 15 is 0 Å². The van der Waals surface area contributed by atoms with Crippen molar-refractivity contribution >= 4 is 11.4 Å². The molecule has 0 aromatic heterocycles. The van der Waals surface area contributed by atoms with E-state index in [2.05, 4.69) is 0 Å². The number of hydrogen-bond donors (Lipinski definition) is 7. The molecule has 1 rings (SSSR count). The van der Waals surface area contributed by atoms with Gasteiger partial charge in [0.2, 0.25) is 0 Å². The summed E-state index contributed by atoms with van der Waals surface area (Å²) in [6.07, 6.45) is -6.17. The van der Waals surface area contributed by atoms with Crippen LogP contribution < -0.4 is 11.5 Å². The van der Waals surface area contributed by atoms with Crippen LogP contribution in [0.15, 0.2) is 18.2 Å². The van der Waals surface area contributed by atoms with Crippen molar-refractivity contribution in [2.75, 3.05) is 18.1 Å². The highest BCUT2D eigenvalue weighted by molar-refractivity contribution is 5.55. The largest absolute Gasteiger partial charge is 0.399 e. The summed E-state index contributed by atoms with van der Waals surface area (Å²) < 4.78 is 0. The Kier molecular flexibility index (Phi) is 5.52. The molecule has 1 aromatic rings. The molecule has 0 spiro atoms. The maximum Gasteiger partial charge on any atom is 0.110 e. The highest BCUT2D eigenvalue weighted by Gasteiger charge is 2.30. The average molecular weight is 272 g/mol. The highest BCUT2D eigenvalue weighted by atomic mass is 16.4. The third kappa shape index (κ3) is 4.05. The van der Waals surface area contributed by atoms with Crippen molar-refractivity contribution in [2.45, 2.75) is 30.8 Å². The molecule has 0 aliphatic rings. The van der Waals surface area contributed by atoms with Gasteiger partial charge in [-0.1, -0.05) is 0 Å². The molecule has 0 aliphatic heterocycles. The maximum atomic E-state index is 9.80. The van der Waals surface area contributed by atoms with E-state index in [1.807, 2.05) is 0 Å². The summed E-state index contributed by atoms with van der Waals surface area (Å²) in [6.45, 7) is -0.717. The van der Waals surface area contributed by atoms with E-state index in [1.54, 1.807) is 18.2 Å². The van der Waals surface area contributed by atoms with Crippen LogP contribution in [0.3, 0.4) is 0 Å². The predicted molar refractivity (Wildman–Crippen MR) is 70.1 cm³/mol. The van der Waals surface area contributed by atoms with Crippen LogP contribution in [0.4, 0.5) is 11.4 Å². The molecule has 0 bridgehead atoms. The first-order chi connectivity index (χ1) is 8.86. The Bertz CT molecular complexity index is 415. The monoisotopic (exact) mass is 272 g/mol. The summed E-state index contributed by atoms with van der Waals surface area (Å²) in [4.78, 5) is 0. The smallest absolute Gasteiger partial charge is 0.110 e. The van der Waals surface area contributed by atoms with Crippen molar-refractivity contribution in [1.82, 2.24) is 0 Å². The summed E-state index contributed by atoms with van der Waals surface area (Å²) >= 11 is 0. The standard InChI is InChI=1S/C12H20N2O5/c13-7-1-2-8(14)6(3-7)4-9(16)11(18)12(19)10(17)5-15/h1-3,9-12,15-19H,4-5,13-14H2. The number of nitrogens with two attached hydrogens (primary N) is 2. The van der Waals surface area contributed by atoms with Gasteiger partial charge in [0, 0.05) is 17.8 Å². The highest BCUT2D eigenvalue weighted by Crippen LogP contribution is 2.19. The first kappa shape index (κ1) is 15.7. The van der Waals surface area contributed by atoms with Gasteiger partial charge < -0.3 is 37.0 Å². The fourth-order valence-electron chi connectivity index (χ4n) is 1.71. The number of aliphatic hydroxyl groups is 5. The minimum absolute atomic E-state index is 0.0345. The van der Waals surface area contributed by atoms with Crippen molar-refractivity contribution in [3.05, 3.63) is 23.8 Å². The van der Waals surface area contributed by atoms with Crippen LogP contribution in [-0.2, 0) is 6.42 Å². The first-order valence-electron chi connectivity index (χ1n) is 5.83. The minimum atomic E-state index is -1.65. The van der Waals surface area contributed by atoms with Gasteiger partial charge in [-0.25, -0.2) is 0 Å². The van der Waals surface area contributed by atoms with Gasteiger partial charge in [-0.15, -0.1) is 0 Å². The second-order valence-electron chi connectivity index (χ2n) is 4.46. The molecule has 7 heteroatoms. The fourth-order valence-corrected chi connectivity index (χ4v) is 1.71. The minimum Gasteiger partial charge on any atom is -0.399 e. The van der Waals surface area contributed by atoms with E-state index in [9.17, 15) is 20.4 Å². The second kappa shape index (κ2) is 6.69. The Labute approximate surface area is 110 Å². The van der Waals surface area contributed by atoms with Gasteiger partial charge in [0.05, 0.1) is 12.7 Å². The third-order valence-corrected chi connectivity index (χ3v) is 2.92. The Balaban J connectivity index is 2.73. The lowest BCUT2D eigenvalue weighted by molar-refractivity contribution is -0.114. The quantitative estimate of drug-likeness (QED) is 0.291. The van der Waals surface area contributed by atoms with Crippen molar-refractivity contribution in [2.24, 2.45) is 0 Å². The zero-order valence-electron chi connectivity index (χ0n) is 10.3. The zero-order valence-corrected chi connectivity index (χ0v) is 10.3. The van der Waals surface area contributed by atoms with Crippen LogP contribution >= 0.6 is 0 Å². The maximum absolute atomic E-state index is 9.80. The third-order valence-electron chi connectivity index (χ3n) is 2.92. The molecule has 4 unspecified atom stereocenters. The van der Waals surface area contributed by atoms with Crippen LogP contribution in [0.2, 0.25) is 0 Å². The van der Waals surface area contributed by atoms with Gasteiger partial charge in [-0.2, -0.15) is 0 Å². The summed E-state index contributed by atoms with van der Waals surface area (Å²) in [6, 6.07) is 4.73. The van der Waals surface area contributed by atoms with Crippen LogP contribution in [0, 0.1) is 0 Å². The van der Waals surface area contributed by atoms with E-state index in [1.165, 1.54) is 0 Å². The van der Waals surface area contributed by atoms with E-state index in [4.69, 9.17) is 16.6 Å². The van der Waals surface area contributed by atoms with Crippen LogP contribution in [0.1, 0.15) is 5.56 Å². The van der Waals surface area contributed by atoms with E-state index in [0.717, 1.165) is 0 Å². The van der Waals surface area contributed by atoms with Crippen molar-refractivity contribution < 1.29 is 25.5 Å². The molecular weight excluding hydrogens is 252 g/mol. The van der Waals surface area contributed by atoms with Crippen molar-refractivity contribution in [3.63, 3.8) is 0 Å². The SMILES string of the molecule is Nc1ccc(N)c(CC(O)C(O)C(O)C(O)CO)c1. The Hall–Kier alpha value is -1.38. The van der Waals surface area contributed by atoms with Crippen LogP contribution in [-0.4, -0.2) is 56.6 Å². The lowest BCUT2D eigenvalue weighted by atomic mass is 9.97. The molecule has 108 valence electrons. The molecule has 0 amide bonds. The Morgan fingerprint density at radius 3 is 2.11 bits per heavy atom. The first-order valence-corrected chi connectivity index (χ1v) is 5.83. The number of hydrogen-bond acceptors (Lipinski definition) is 7.